The van der Waals surface area contributed by atoms with Crippen LogP contribution < -0.4 is 22.2 Å². The first-order valence-electron chi connectivity index (χ1n) is 31.5. The number of nitrogens with zero attached hydrogens (tertiary/aromatic N) is 10. The summed E-state index contributed by atoms with van der Waals surface area (Å²) in [6, 6.07) is 59.2. The molecular formula is C76H62N14O6. The Kier molecular flexibility index (Phi) is 17.3. The number of rotatable bonds is 13. The fourth-order valence-corrected chi connectivity index (χ4v) is 11.7. The first-order chi connectivity index (χ1) is 47.0. The fourth-order valence-electron chi connectivity index (χ4n) is 11.7. The summed E-state index contributed by atoms with van der Waals surface area (Å²) in [6.07, 6.45) is 15.2. The van der Waals surface area contributed by atoms with Crippen LogP contribution in [-0.2, 0) is 39.8 Å². The van der Waals surface area contributed by atoms with Crippen LogP contribution in [0.5, 0.6) is 0 Å². The Morgan fingerprint density at radius 2 is 0.865 bits per heavy atom. The van der Waals surface area contributed by atoms with Crippen molar-refractivity contribution in [2.75, 3.05) is 0 Å². The number of benzene rings is 7. The fraction of sp³-hybridized carbons (Fsp3) is 0.132. The van der Waals surface area contributed by atoms with Gasteiger partial charge >= 0.3 is 0 Å². The molecule has 20 heteroatoms. The highest BCUT2D eigenvalue weighted by atomic mass is 16.3. The SMILES string of the molecule is Cn1c(/C=C/c2nc3ccccc3c(=O)[nH]2)nc2ccccc21.Cn1c(CCc2nc3ccccc3c(=O)[nH]2)nc2ccccc21.O=c1[nH]c(CCC2=NC(c3cc4ccccc4o3)=CC2)nc2ccccc12.O=c1[nH]c(CCC2=NC(c3ccco3)=CC2)nc2ccccc12. The van der Waals surface area contributed by atoms with E-state index in [1.807, 2.05) is 182 Å². The van der Waals surface area contributed by atoms with Crippen LogP contribution in [0.15, 0.2) is 244 Å². The minimum atomic E-state index is -0.139. The van der Waals surface area contributed by atoms with Gasteiger partial charge in [-0.05, 0) is 134 Å². The van der Waals surface area contributed by atoms with E-state index in [2.05, 4.69) is 77.6 Å². The van der Waals surface area contributed by atoms with Gasteiger partial charge in [0.05, 0.1) is 71.9 Å². The molecule has 0 saturated carbocycles. The third kappa shape index (κ3) is 13.5. The van der Waals surface area contributed by atoms with Gasteiger partial charge in [-0.1, -0.05) is 91.0 Å². The van der Waals surface area contributed by atoms with Crippen molar-refractivity contribution in [2.24, 2.45) is 24.1 Å². The molecule has 472 valence electrons. The molecule has 0 fully saturated rings. The van der Waals surface area contributed by atoms with Crippen molar-refractivity contribution >= 4 is 112 Å². The summed E-state index contributed by atoms with van der Waals surface area (Å²) < 4.78 is 15.3. The summed E-state index contributed by atoms with van der Waals surface area (Å²) in [5, 5.41) is 3.53. The zero-order chi connectivity index (χ0) is 65.5. The third-order valence-corrected chi connectivity index (χ3v) is 16.7. The summed E-state index contributed by atoms with van der Waals surface area (Å²) in [5.74, 6) is 5.98. The molecule has 20 nitrogen and oxygen atoms in total. The average molecular weight is 1270 g/mol. The van der Waals surface area contributed by atoms with Crippen molar-refractivity contribution in [3.8, 4) is 0 Å². The predicted octanol–water partition coefficient (Wildman–Crippen LogP) is 13.4. The number of fused-ring (bicyclic) bond motifs is 7. The Morgan fingerprint density at radius 1 is 0.417 bits per heavy atom. The second-order valence-corrected chi connectivity index (χ2v) is 23.1. The molecule has 0 atom stereocenters. The molecule has 7 aromatic carbocycles. The third-order valence-electron chi connectivity index (χ3n) is 16.7. The maximum atomic E-state index is 12.2. The van der Waals surface area contributed by atoms with Gasteiger partial charge in [0.1, 0.15) is 51.9 Å². The van der Waals surface area contributed by atoms with Gasteiger partial charge in [0, 0.05) is 69.4 Å². The number of aromatic amines is 4. The Morgan fingerprint density at radius 3 is 1.38 bits per heavy atom. The molecule has 2 aliphatic rings. The molecule has 0 bridgehead atoms. The van der Waals surface area contributed by atoms with Crippen molar-refractivity contribution in [2.45, 2.75) is 51.4 Å². The summed E-state index contributed by atoms with van der Waals surface area (Å²) in [4.78, 5) is 96.4. The number of aliphatic imine (C=N–C) groups is 2. The molecule has 0 saturated heterocycles. The van der Waals surface area contributed by atoms with Crippen molar-refractivity contribution < 1.29 is 8.83 Å². The minimum absolute atomic E-state index is 0.0874. The van der Waals surface area contributed by atoms with Gasteiger partial charge in [0.15, 0.2) is 11.5 Å². The lowest BCUT2D eigenvalue weighted by Gasteiger charge is -2.04. The Bertz CT molecular complexity index is 5800. The van der Waals surface area contributed by atoms with Crippen LogP contribution in [0.4, 0.5) is 0 Å². The molecule has 17 rings (SSSR count). The number of allylic oxidation sites excluding steroid dienone is 2. The largest absolute Gasteiger partial charge is 0.463 e. The topological polar surface area (TPSA) is 270 Å². The number of aromatic nitrogens is 12. The number of para-hydroxylation sites is 9. The molecule has 0 spiro atoms. The predicted molar refractivity (Wildman–Crippen MR) is 379 cm³/mol. The van der Waals surface area contributed by atoms with Gasteiger partial charge in [-0.25, -0.2) is 29.9 Å². The first-order valence-corrected chi connectivity index (χ1v) is 31.5. The molecule has 8 aromatic heterocycles. The van der Waals surface area contributed by atoms with Gasteiger partial charge in [-0.3, -0.25) is 29.2 Å². The van der Waals surface area contributed by atoms with Crippen LogP contribution in [0.1, 0.15) is 72.2 Å². The van der Waals surface area contributed by atoms with Crippen LogP contribution in [0.2, 0.25) is 0 Å². The zero-order valence-corrected chi connectivity index (χ0v) is 52.4. The number of hydrogen-bond donors (Lipinski definition) is 4. The normalized spacial score (nSPS) is 12.8. The molecule has 0 amide bonds. The summed E-state index contributed by atoms with van der Waals surface area (Å²) in [5.41, 5.74) is 11.3. The number of furan rings is 2. The lowest BCUT2D eigenvalue weighted by molar-refractivity contribution is 0.552. The van der Waals surface area contributed by atoms with Crippen LogP contribution in [0.3, 0.4) is 0 Å². The Hall–Kier alpha value is -12.6. The lowest BCUT2D eigenvalue weighted by atomic mass is 10.1. The molecule has 96 heavy (non-hydrogen) atoms. The van der Waals surface area contributed by atoms with E-state index in [0.29, 0.717) is 69.6 Å². The van der Waals surface area contributed by atoms with Gasteiger partial charge in [-0.15, -0.1) is 0 Å². The average Bonchev–Trinajstić information content (AvgIpc) is 1.08. The quantitative estimate of drug-likeness (QED) is 0.0839. The van der Waals surface area contributed by atoms with Crippen molar-refractivity contribution in [1.29, 1.82) is 0 Å². The smallest absolute Gasteiger partial charge is 0.259 e. The van der Waals surface area contributed by atoms with Crippen LogP contribution in [0, 0.1) is 0 Å². The van der Waals surface area contributed by atoms with Crippen molar-refractivity contribution in [3.05, 3.63) is 294 Å². The highest BCUT2D eigenvalue weighted by molar-refractivity contribution is 5.97. The van der Waals surface area contributed by atoms with Gasteiger partial charge in [0.25, 0.3) is 22.2 Å². The summed E-state index contributed by atoms with van der Waals surface area (Å²) >= 11 is 0. The highest BCUT2D eigenvalue weighted by Crippen LogP contribution is 2.30. The van der Waals surface area contributed by atoms with E-state index in [4.69, 9.17) is 13.8 Å². The maximum Gasteiger partial charge on any atom is 0.259 e. The molecule has 15 aromatic rings. The molecule has 0 unspecified atom stereocenters. The van der Waals surface area contributed by atoms with E-state index in [1.165, 1.54) is 0 Å². The standard InChI is InChI=1S/C22H17N3O2.C18H16N4O.C18H14N4O.C18H15N3O2/c26-22-16-6-2-3-7-17(16)24-21(25-22)12-10-15-9-11-18(23-15)20-13-14-5-1-4-8-19(14)27-20;2*1-22-15-9-5-4-8-14(15)20-17(22)11-10-16-19-13-7-3-2-6-12(13)18(23)21-16;22-18-13-4-1-2-5-14(13)20-17(21-18)10-8-12-7-9-15(19-12)16-6-3-11-23-16/h1-8,11,13H,9-10,12H2,(H,24,25,26);2-9H,10-11H2,1H3,(H,19,21,23);2-11H,1H3,(H,19,21,23);1-6,9,11H,7-8,10H2,(H,20,21,22)/b;;11-10+;. The van der Waals surface area contributed by atoms with Crippen molar-refractivity contribution in [3.63, 3.8) is 0 Å². The van der Waals surface area contributed by atoms with E-state index in [9.17, 15) is 19.2 Å². The molecule has 4 N–H and O–H groups in total. The van der Waals surface area contributed by atoms with Crippen molar-refractivity contribution in [1.82, 2.24) is 59.0 Å². The summed E-state index contributed by atoms with van der Waals surface area (Å²) in [6.45, 7) is 0. The highest BCUT2D eigenvalue weighted by Gasteiger charge is 2.17. The van der Waals surface area contributed by atoms with E-state index in [1.54, 1.807) is 36.6 Å². The van der Waals surface area contributed by atoms with Gasteiger partial charge in [-0.2, -0.15) is 0 Å². The Balaban J connectivity index is 0.000000110. The second kappa shape index (κ2) is 27.3. The molecule has 10 heterocycles. The molecule has 0 radical (unpaired) electrons. The lowest BCUT2D eigenvalue weighted by Crippen LogP contribution is -2.13. The Labute approximate surface area is 546 Å². The van der Waals surface area contributed by atoms with E-state index in [0.717, 1.165) is 128 Å². The van der Waals surface area contributed by atoms with E-state index < -0.39 is 0 Å². The van der Waals surface area contributed by atoms with Crippen LogP contribution in [0.25, 0.3) is 100 Å². The zero-order valence-electron chi connectivity index (χ0n) is 52.4. The monoisotopic (exact) mass is 1270 g/mol. The number of imidazole rings is 2. The van der Waals surface area contributed by atoms with E-state index >= 15 is 0 Å². The van der Waals surface area contributed by atoms with Crippen LogP contribution in [-0.4, -0.2) is 70.4 Å². The van der Waals surface area contributed by atoms with Gasteiger partial charge in [0.2, 0.25) is 0 Å². The molecular weight excluding hydrogens is 1200 g/mol. The molecule has 0 aliphatic carbocycles. The molecule has 2 aliphatic heterocycles. The number of hydrogen-bond acceptors (Lipinski definition) is 14. The minimum Gasteiger partial charge on any atom is -0.463 e. The maximum absolute atomic E-state index is 12.2. The van der Waals surface area contributed by atoms with Crippen LogP contribution >= 0.6 is 0 Å². The van der Waals surface area contributed by atoms with E-state index in [-0.39, 0.29) is 22.2 Å². The van der Waals surface area contributed by atoms with Gasteiger partial charge < -0.3 is 37.9 Å². The number of nitrogens with one attached hydrogen (secondary N) is 4. The number of aryl methyl sites for hydroxylation is 6. The first kappa shape index (κ1) is 61.0. The number of H-pyrrole nitrogens is 4. The second-order valence-electron chi connectivity index (χ2n) is 23.1. The summed E-state index contributed by atoms with van der Waals surface area (Å²) in [7, 11) is 3.98.